The van der Waals surface area contributed by atoms with Gasteiger partial charge in [0.1, 0.15) is 5.75 Å². The predicted octanol–water partition coefficient (Wildman–Crippen LogP) is 4.56. The molecule has 132 valence electrons. The molecule has 0 spiro atoms. The van der Waals surface area contributed by atoms with E-state index in [1.54, 1.807) is 24.3 Å². The highest BCUT2D eigenvalue weighted by Crippen LogP contribution is 2.24. The Morgan fingerprint density at radius 2 is 1.76 bits per heavy atom. The van der Waals surface area contributed by atoms with Gasteiger partial charge in [-0.15, -0.1) is 0 Å². The molecule has 0 unspecified atom stereocenters. The van der Waals surface area contributed by atoms with Crippen LogP contribution in [0.1, 0.15) is 31.9 Å². The topological polar surface area (TPSA) is 49.8 Å². The van der Waals surface area contributed by atoms with Crippen LogP contribution < -0.4 is 9.64 Å². The van der Waals surface area contributed by atoms with Crippen LogP contribution in [0, 0.1) is 0 Å². The standard InChI is InChI=1S/C21H25NO3/c1-4-22(5-2)18-12-10-16(11-13-18)14-20(21(23)24)17-8-7-9-19(15-17)25-6-3/h7-15H,4-6H2,1-3H3,(H,23,24)/b20-14-. The number of hydrogen-bond donors (Lipinski definition) is 1. The molecular formula is C21H25NO3. The van der Waals surface area contributed by atoms with E-state index in [0.29, 0.717) is 17.9 Å². The van der Waals surface area contributed by atoms with Crippen molar-refractivity contribution in [3.05, 3.63) is 59.7 Å². The number of aliphatic carboxylic acids is 1. The Labute approximate surface area is 149 Å². The maximum Gasteiger partial charge on any atom is 0.336 e. The average Bonchev–Trinajstić information content (AvgIpc) is 2.62. The molecule has 0 aliphatic rings. The summed E-state index contributed by atoms with van der Waals surface area (Å²) in [5.41, 5.74) is 2.87. The van der Waals surface area contributed by atoms with Gasteiger partial charge in [0.05, 0.1) is 12.2 Å². The van der Waals surface area contributed by atoms with Crippen molar-refractivity contribution in [3.8, 4) is 5.75 Å². The summed E-state index contributed by atoms with van der Waals surface area (Å²) in [4.78, 5) is 14.0. The molecule has 0 heterocycles. The molecule has 25 heavy (non-hydrogen) atoms. The quantitative estimate of drug-likeness (QED) is 0.566. The van der Waals surface area contributed by atoms with E-state index in [-0.39, 0.29) is 5.57 Å². The van der Waals surface area contributed by atoms with Crippen molar-refractivity contribution in [3.63, 3.8) is 0 Å². The molecule has 0 fully saturated rings. The molecule has 4 heteroatoms. The van der Waals surface area contributed by atoms with Crippen LogP contribution in [0.25, 0.3) is 11.6 Å². The Hall–Kier alpha value is -2.75. The van der Waals surface area contributed by atoms with Crippen LogP contribution in [-0.2, 0) is 4.79 Å². The highest BCUT2D eigenvalue weighted by atomic mass is 16.5. The third kappa shape index (κ3) is 4.86. The first-order chi connectivity index (χ1) is 12.1. The third-order valence-corrected chi connectivity index (χ3v) is 4.02. The van der Waals surface area contributed by atoms with Crippen LogP contribution in [0.5, 0.6) is 5.75 Å². The fourth-order valence-corrected chi connectivity index (χ4v) is 2.73. The summed E-state index contributed by atoms with van der Waals surface area (Å²) in [6.07, 6.45) is 1.69. The maximum atomic E-state index is 11.7. The van der Waals surface area contributed by atoms with E-state index in [0.717, 1.165) is 24.3 Å². The Morgan fingerprint density at radius 1 is 1.08 bits per heavy atom. The van der Waals surface area contributed by atoms with Crippen molar-refractivity contribution in [2.75, 3.05) is 24.6 Å². The van der Waals surface area contributed by atoms with E-state index in [9.17, 15) is 9.90 Å². The average molecular weight is 339 g/mol. The van der Waals surface area contributed by atoms with Crippen molar-refractivity contribution in [2.45, 2.75) is 20.8 Å². The van der Waals surface area contributed by atoms with Gasteiger partial charge in [-0.3, -0.25) is 0 Å². The first-order valence-electron chi connectivity index (χ1n) is 8.62. The molecule has 0 aliphatic carbocycles. The lowest BCUT2D eigenvalue weighted by molar-refractivity contribution is -0.130. The van der Waals surface area contributed by atoms with Gasteiger partial charge in [0.15, 0.2) is 0 Å². The zero-order chi connectivity index (χ0) is 18.2. The zero-order valence-electron chi connectivity index (χ0n) is 15.0. The fourth-order valence-electron chi connectivity index (χ4n) is 2.73. The molecule has 0 atom stereocenters. The third-order valence-electron chi connectivity index (χ3n) is 4.02. The number of nitrogens with zero attached hydrogens (tertiary/aromatic N) is 1. The van der Waals surface area contributed by atoms with Gasteiger partial charge in [0.25, 0.3) is 0 Å². The zero-order valence-corrected chi connectivity index (χ0v) is 15.0. The number of carbonyl (C=O) groups is 1. The molecule has 0 aliphatic heterocycles. The van der Waals surface area contributed by atoms with E-state index in [1.807, 2.05) is 37.3 Å². The Kier molecular flexibility index (Phi) is 6.63. The van der Waals surface area contributed by atoms with Crippen LogP contribution in [0.3, 0.4) is 0 Å². The number of rotatable bonds is 8. The van der Waals surface area contributed by atoms with Gasteiger partial charge in [0.2, 0.25) is 0 Å². The van der Waals surface area contributed by atoms with E-state index in [2.05, 4.69) is 18.7 Å². The van der Waals surface area contributed by atoms with E-state index in [1.165, 1.54) is 0 Å². The largest absolute Gasteiger partial charge is 0.494 e. The normalized spacial score (nSPS) is 11.2. The summed E-state index contributed by atoms with van der Waals surface area (Å²) < 4.78 is 5.47. The summed E-state index contributed by atoms with van der Waals surface area (Å²) in [6.45, 7) is 8.56. The van der Waals surface area contributed by atoms with Gasteiger partial charge in [-0.05, 0) is 62.2 Å². The van der Waals surface area contributed by atoms with Crippen LogP contribution in [0.4, 0.5) is 5.69 Å². The number of ether oxygens (including phenoxy) is 1. The molecule has 0 saturated heterocycles. The summed E-state index contributed by atoms with van der Waals surface area (Å²) in [6, 6.07) is 15.1. The second kappa shape index (κ2) is 8.92. The molecule has 2 aromatic rings. The molecule has 2 aromatic carbocycles. The lowest BCUT2D eigenvalue weighted by Crippen LogP contribution is -2.21. The van der Waals surface area contributed by atoms with Gasteiger partial charge in [0, 0.05) is 18.8 Å². The first-order valence-corrected chi connectivity index (χ1v) is 8.62. The highest BCUT2D eigenvalue weighted by Gasteiger charge is 2.12. The summed E-state index contributed by atoms with van der Waals surface area (Å²) in [5.74, 6) is -0.287. The van der Waals surface area contributed by atoms with Crippen LogP contribution in [-0.4, -0.2) is 30.8 Å². The number of carboxylic acid groups (broad SMARTS) is 1. The minimum absolute atomic E-state index is 0.247. The Bertz CT molecular complexity index is 731. The number of benzene rings is 2. The van der Waals surface area contributed by atoms with E-state index in [4.69, 9.17) is 4.74 Å². The SMILES string of the molecule is CCOc1cccc(/C(=C/c2ccc(N(CC)CC)cc2)C(=O)O)c1. The van der Waals surface area contributed by atoms with Crippen LogP contribution >= 0.6 is 0 Å². The van der Waals surface area contributed by atoms with Gasteiger partial charge in [-0.1, -0.05) is 24.3 Å². The molecule has 0 saturated carbocycles. The smallest absolute Gasteiger partial charge is 0.336 e. The minimum atomic E-state index is -0.957. The van der Waals surface area contributed by atoms with Crippen LogP contribution in [0.15, 0.2) is 48.5 Å². The van der Waals surface area contributed by atoms with Gasteiger partial charge in [-0.2, -0.15) is 0 Å². The van der Waals surface area contributed by atoms with Gasteiger partial charge < -0.3 is 14.7 Å². The number of anilines is 1. The molecule has 1 N–H and O–H groups in total. The Morgan fingerprint density at radius 3 is 2.32 bits per heavy atom. The molecule has 0 aromatic heterocycles. The highest BCUT2D eigenvalue weighted by molar-refractivity contribution is 6.20. The second-order valence-electron chi connectivity index (χ2n) is 5.59. The molecule has 4 nitrogen and oxygen atoms in total. The first kappa shape index (κ1) is 18.6. The Balaban J connectivity index is 2.34. The fraction of sp³-hybridized carbons (Fsp3) is 0.286. The molecule has 0 radical (unpaired) electrons. The van der Waals surface area contributed by atoms with Crippen molar-refractivity contribution in [1.29, 1.82) is 0 Å². The van der Waals surface area contributed by atoms with Gasteiger partial charge in [-0.25, -0.2) is 4.79 Å². The summed E-state index contributed by atoms with van der Waals surface area (Å²) >= 11 is 0. The van der Waals surface area contributed by atoms with E-state index >= 15 is 0 Å². The second-order valence-corrected chi connectivity index (χ2v) is 5.59. The molecule has 2 rings (SSSR count). The molecule has 0 bridgehead atoms. The van der Waals surface area contributed by atoms with Crippen molar-refractivity contribution < 1.29 is 14.6 Å². The van der Waals surface area contributed by atoms with Crippen LogP contribution in [0.2, 0.25) is 0 Å². The summed E-state index contributed by atoms with van der Waals surface area (Å²) in [7, 11) is 0. The number of carboxylic acids is 1. The lowest BCUT2D eigenvalue weighted by atomic mass is 10.0. The van der Waals surface area contributed by atoms with Crippen molar-refractivity contribution in [1.82, 2.24) is 0 Å². The minimum Gasteiger partial charge on any atom is -0.494 e. The molecule has 0 amide bonds. The summed E-state index contributed by atoms with van der Waals surface area (Å²) in [5, 5.41) is 9.61. The van der Waals surface area contributed by atoms with Crippen molar-refractivity contribution in [2.24, 2.45) is 0 Å². The van der Waals surface area contributed by atoms with Crippen molar-refractivity contribution >= 4 is 23.3 Å². The monoisotopic (exact) mass is 339 g/mol. The maximum absolute atomic E-state index is 11.7. The van der Waals surface area contributed by atoms with Gasteiger partial charge >= 0.3 is 5.97 Å². The molecular weight excluding hydrogens is 314 g/mol. The lowest BCUT2D eigenvalue weighted by Gasteiger charge is -2.20. The number of hydrogen-bond acceptors (Lipinski definition) is 3. The predicted molar refractivity (Wildman–Crippen MR) is 103 cm³/mol. The van der Waals surface area contributed by atoms with E-state index < -0.39 is 5.97 Å².